The molecule has 0 radical (unpaired) electrons. The van der Waals surface area contributed by atoms with Gasteiger partial charge in [-0.05, 0) is 12.1 Å². The van der Waals surface area contributed by atoms with Crippen molar-refractivity contribution in [3.8, 4) is 11.5 Å². The van der Waals surface area contributed by atoms with Gasteiger partial charge in [0.25, 0.3) is 0 Å². The number of halogens is 3. The number of oxazole rings is 1. The molecule has 0 saturated heterocycles. The molecule has 3 rings (SSSR count). The van der Waals surface area contributed by atoms with Crippen LogP contribution in [0.1, 0.15) is 11.4 Å². The zero-order chi connectivity index (χ0) is 18.6. The Morgan fingerprint density at radius 3 is 2.69 bits per heavy atom. The van der Waals surface area contributed by atoms with Crippen molar-refractivity contribution in [3.05, 3.63) is 53.4 Å². The van der Waals surface area contributed by atoms with Crippen molar-refractivity contribution in [2.24, 2.45) is 0 Å². The summed E-state index contributed by atoms with van der Waals surface area (Å²) in [5.41, 5.74) is 0.516. The van der Waals surface area contributed by atoms with Crippen molar-refractivity contribution in [2.45, 2.75) is 11.9 Å². The van der Waals surface area contributed by atoms with E-state index in [4.69, 9.17) is 4.42 Å². The minimum absolute atomic E-state index is 0.0639. The number of alkyl halides is 3. The molecule has 0 aliphatic heterocycles. The maximum Gasteiger partial charge on any atom is 0.434 e. The van der Waals surface area contributed by atoms with Gasteiger partial charge < -0.3 is 9.73 Å². The van der Waals surface area contributed by atoms with Crippen LogP contribution in [0, 0.1) is 0 Å². The molecular formula is C16H12F3N3O2S2. The summed E-state index contributed by atoms with van der Waals surface area (Å²) in [7, 11) is 0. The topological polar surface area (TPSA) is 68.0 Å². The molecule has 26 heavy (non-hydrogen) atoms. The van der Waals surface area contributed by atoms with Gasteiger partial charge in [-0.15, -0.1) is 23.1 Å². The molecule has 1 amide bonds. The van der Waals surface area contributed by atoms with Crippen molar-refractivity contribution < 1.29 is 22.4 Å². The molecule has 10 heteroatoms. The number of nitrogens with zero attached hydrogens (tertiary/aromatic N) is 2. The number of benzene rings is 1. The normalized spacial score (nSPS) is 11.5. The van der Waals surface area contributed by atoms with Gasteiger partial charge >= 0.3 is 6.18 Å². The predicted octanol–water partition coefficient (Wildman–Crippen LogP) is 4.69. The zero-order valence-corrected chi connectivity index (χ0v) is 14.7. The molecule has 0 fully saturated rings. The van der Waals surface area contributed by atoms with Crippen LogP contribution in [-0.2, 0) is 16.7 Å². The van der Waals surface area contributed by atoms with Gasteiger partial charge in [-0.3, -0.25) is 4.79 Å². The Morgan fingerprint density at radius 1 is 1.23 bits per heavy atom. The smallest absolute Gasteiger partial charge is 0.434 e. The van der Waals surface area contributed by atoms with E-state index in [0.717, 1.165) is 22.3 Å². The average Bonchev–Trinajstić information content (AvgIpc) is 3.25. The minimum atomic E-state index is -4.52. The first-order chi connectivity index (χ1) is 12.4. The standard InChI is InChI=1S/C16H12F3N3O2S2/c17-16(18,19)12-8-26-15(21-12)22-13(23)9-25-7-11-6-24-14(20-11)10-4-2-1-3-5-10/h1-6,8H,7,9H2,(H,21,22,23). The van der Waals surface area contributed by atoms with E-state index in [2.05, 4.69) is 15.3 Å². The van der Waals surface area contributed by atoms with E-state index >= 15 is 0 Å². The van der Waals surface area contributed by atoms with Gasteiger partial charge in [-0.25, -0.2) is 9.97 Å². The molecule has 2 heterocycles. The lowest BCUT2D eigenvalue weighted by atomic mass is 10.2. The van der Waals surface area contributed by atoms with Crippen molar-refractivity contribution >= 4 is 34.1 Å². The maximum atomic E-state index is 12.5. The van der Waals surface area contributed by atoms with E-state index in [1.807, 2.05) is 30.3 Å². The Balaban J connectivity index is 1.47. The van der Waals surface area contributed by atoms with Gasteiger partial charge in [0.1, 0.15) is 6.26 Å². The number of amides is 1. The number of carbonyl (C=O) groups excluding carboxylic acids is 1. The Morgan fingerprint density at radius 2 is 2.00 bits per heavy atom. The van der Waals surface area contributed by atoms with E-state index in [-0.39, 0.29) is 10.9 Å². The molecule has 0 spiro atoms. The van der Waals surface area contributed by atoms with Crippen molar-refractivity contribution in [2.75, 3.05) is 11.1 Å². The van der Waals surface area contributed by atoms with Crippen LogP contribution >= 0.6 is 23.1 Å². The monoisotopic (exact) mass is 399 g/mol. The minimum Gasteiger partial charge on any atom is -0.444 e. The number of thioether (sulfide) groups is 1. The predicted molar refractivity (Wildman–Crippen MR) is 93.8 cm³/mol. The third kappa shape index (κ3) is 4.85. The summed E-state index contributed by atoms with van der Waals surface area (Å²) >= 11 is 2.01. The van der Waals surface area contributed by atoms with Gasteiger partial charge in [-0.2, -0.15) is 13.2 Å². The summed E-state index contributed by atoms with van der Waals surface area (Å²) < 4.78 is 42.8. The lowest BCUT2D eigenvalue weighted by molar-refractivity contribution is -0.140. The molecule has 0 bridgehead atoms. The molecule has 2 aromatic heterocycles. The summed E-state index contributed by atoms with van der Waals surface area (Å²) in [6.45, 7) is 0. The number of thiazole rings is 1. The van der Waals surface area contributed by atoms with E-state index in [0.29, 0.717) is 17.3 Å². The van der Waals surface area contributed by atoms with E-state index in [1.54, 1.807) is 0 Å². The number of carbonyl (C=O) groups is 1. The van der Waals surface area contributed by atoms with E-state index in [9.17, 15) is 18.0 Å². The van der Waals surface area contributed by atoms with Crippen LogP contribution < -0.4 is 5.32 Å². The summed E-state index contributed by atoms with van der Waals surface area (Å²) in [6, 6.07) is 9.39. The van der Waals surface area contributed by atoms with Gasteiger partial charge in [-0.1, -0.05) is 18.2 Å². The van der Waals surface area contributed by atoms with Gasteiger partial charge in [0, 0.05) is 16.7 Å². The third-order valence-electron chi connectivity index (χ3n) is 3.10. The Kier molecular flexibility index (Phi) is 5.62. The maximum absolute atomic E-state index is 12.5. The Hall–Kier alpha value is -2.33. The molecule has 136 valence electrons. The van der Waals surface area contributed by atoms with Crippen LogP contribution in [0.5, 0.6) is 0 Å². The molecule has 0 aliphatic rings. The summed E-state index contributed by atoms with van der Waals surface area (Å²) in [4.78, 5) is 19.5. The molecule has 0 unspecified atom stereocenters. The van der Waals surface area contributed by atoms with Crippen molar-refractivity contribution in [1.82, 2.24) is 9.97 Å². The van der Waals surface area contributed by atoms with Crippen molar-refractivity contribution in [1.29, 1.82) is 0 Å². The third-order valence-corrected chi connectivity index (χ3v) is 4.82. The second-order valence-electron chi connectivity index (χ2n) is 5.09. The quantitative estimate of drug-likeness (QED) is 0.651. The molecule has 0 atom stereocenters. The van der Waals surface area contributed by atoms with Gasteiger partial charge in [0.05, 0.1) is 11.4 Å². The Bertz CT molecular complexity index is 878. The largest absolute Gasteiger partial charge is 0.444 e. The number of hydrogen-bond donors (Lipinski definition) is 1. The first kappa shape index (κ1) is 18.5. The molecule has 5 nitrogen and oxygen atoms in total. The number of aromatic nitrogens is 2. The van der Waals surface area contributed by atoms with E-state index < -0.39 is 17.8 Å². The second-order valence-corrected chi connectivity index (χ2v) is 6.93. The molecule has 3 aromatic rings. The highest BCUT2D eigenvalue weighted by molar-refractivity contribution is 7.99. The van der Waals surface area contributed by atoms with Crippen LogP contribution in [0.4, 0.5) is 18.3 Å². The SMILES string of the molecule is O=C(CSCc1coc(-c2ccccc2)n1)Nc1nc(C(F)(F)F)cs1. The number of nitrogens with one attached hydrogen (secondary N) is 1. The summed E-state index contributed by atoms with van der Waals surface area (Å²) in [5.74, 6) is 0.571. The zero-order valence-electron chi connectivity index (χ0n) is 13.1. The highest BCUT2D eigenvalue weighted by Crippen LogP contribution is 2.31. The lowest BCUT2D eigenvalue weighted by Gasteiger charge is -2.02. The fourth-order valence-corrected chi connectivity index (χ4v) is 3.39. The highest BCUT2D eigenvalue weighted by atomic mass is 32.2. The van der Waals surface area contributed by atoms with Crippen molar-refractivity contribution in [3.63, 3.8) is 0 Å². The molecule has 1 aromatic carbocycles. The van der Waals surface area contributed by atoms with Gasteiger partial charge in [0.15, 0.2) is 10.8 Å². The first-order valence-corrected chi connectivity index (χ1v) is 9.35. The second kappa shape index (κ2) is 7.92. The van der Waals surface area contributed by atoms with Crippen LogP contribution in [0.3, 0.4) is 0 Å². The van der Waals surface area contributed by atoms with E-state index in [1.165, 1.54) is 18.0 Å². The number of hydrogen-bond acceptors (Lipinski definition) is 6. The fraction of sp³-hybridized carbons (Fsp3) is 0.188. The average molecular weight is 399 g/mol. The highest BCUT2D eigenvalue weighted by Gasteiger charge is 2.33. The molecule has 0 saturated carbocycles. The van der Waals surface area contributed by atoms with Crippen LogP contribution in [0.15, 0.2) is 46.4 Å². The van der Waals surface area contributed by atoms with Crippen LogP contribution in [0.2, 0.25) is 0 Å². The lowest BCUT2D eigenvalue weighted by Crippen LogP contribution is -2.14. The fourth-order valence-electron chi connectivity index (χ4n) is 1.95. The number of rotatable bonds is 6. The first-order valence-electron chi connectivity index (χ1n) is 7.32. The summed E-state index contributed by atoms with van der Waals surface area (Å²) in [6.07, 6.45) is -3.00. The molecule has 1 N–H and O–H groups in total. The molecular weight excluding hydrogens is 387 g/mol. The van der Waals surface area contributed by atoms with Gasteiger partial charge in [0.2, 0.25) is 11.8 Å². The number of anilines is 1. The summed E-state index contributed by atoms with van der Waals surface area (Å²) in [5, 5.41) is 3.15. The van der Waals surface area contributed by atoms with Crippen LogP contribution in [-0.4, -0.2) is 21.6 Å². The van der Waals surface area contributed by atoms with Crippen LogP contribution in [0.25, 0.3) is 11.5 Å². The Labute approximate surface area is 154 Å². The molecule has 0 aliphatic carbocycles.